The topological polar surface area (TPSA) is 61.4 Å². The molecule has 1 aromatic carbocycles. The van der Waals surface area contributed by atoms with Crippen molar-refractivity contribution in [3.63, 3.8) is 0 Å². The summed E-state index contributed by atoms with van der Waals surface area (Å²) in [6.45, 7) is 1.69. The Balaban J connectivity index is 1.74. The lowest BCUT2D eigenvalue weighted by Crippen LogP contribution is -2.33. The van der Waals surface area contributed by atoms with E-state index in [1.54, 1.807) is 12.1 Å². The third-order valence-electron chi connectivity index (χ3n) is 3.32. The highest BCUT2D eigenvalue weighted by Crippen LogP contribution is 2.12. The molecule has 1 aromatic rings. The van der Waals surface area contributed by atoms with Gasteiger partial charge in [-0.25, -0.2) is 0 Å². The Morgan fingerprint density at radius 3 is 2.89 bits per heavy atom. The Morgan fingerprint density at radius 2 is 2.22 bits per heavy atom. The number of hydrogen-bond donors (Lipinski definition) is 3. The van der Waals surface area contributed by atoms with Crippen LogP contribution in [-0.4, -0.2) is 30.1 Å². The number of nitrogens with one attached hydrogen (secondary N) is 2. The summed E-state index contributed by atoms with van der Waals surface area (Å²) in [5.41, 5.74) is 0.633. The normalized spacial score (nSPS) is 20.6. The molecule has 98 valence electrons. The summed E-state index contributed by atoms with van der Waals surface area (Å²) >= 11 is 0. The lowest BCUT2D eigenvalue weighted by atomic mass is 10.1. The van der Waals surface area contributed by atoms with Crippen LogP contribution in [0, 0.1) is 0 Å². The second kappa shape index (κ2) is 6.52. The molecule has 1 heterocycles. The summed E-state index contributed by atoms with van der Waals surface area (Å²) in [5, 5.41) is 16.0. The maximum Gasteiger partial charge on any atom is 0.253 e. The predicted molar refractivity (Wildman–Crippen MR) is 70.1 cm³/mol. The lowest BCUT2D eigenvalue weighted by Gasteiger charge is -2.13. The monoisotopic (exact) mass is 248 g/mol. The fraction of sp³-hybridized carbons (Fsp3) is 0.500. The van der Waals surface area contributed by atoms with Crippen molar-refractivity contribution in [3.8, 4) is 0 Å². The number of rotatable bonds is 5. The first-order valence-corrected chi connectivity index (χ1v) is 6.51. The van der Waals surface area contributed by atoms with Gasteiger partial charge in [0.1, 0.15) is 0 Å². The van der Waals surface area contributed by atoms with Crippen molar-refractivity contribution in [2.75, 3.05) is 13.1 Å². The molecular formula is C14H20N2O2. The van der Waals surface area contributed by atoms with Gasteiger partial charge in [0.2, 0.25) is 0 Å². The van der Waals surface area contributed by atoms with Gasteiger partial charge in [-0.2, -0.15) is 0 Å². The van der Waals surface area contributed by atoms with Gasteiger partial charge in [-0.15, -0.1) is 0 Å². The number of aliphatic hydroxyl groups excluding tert-OH is 1. The smallest absolute Gasteiger partial charge is 0.253 e. The van der Waals surface area contributed by atoms with Crippen molar-refractivity contribution in [3.05, 3.63) is 35.9 Å². The fourth-order valence-electron chi connectivity index (χ4n) is 2.26. The third kappa shape index (κ3) is 3.55. The van der Waals surface area contributed by atoms with Crippen LogP contribution in [0.3, 0.4) is 0 Å². The summed E-state index contributed by atoms with van der Waals surface area (Å²) in [5.74, 6) is -0.320. The zero-order valence-corrected chi connectivity index (χ0v) is 10.4. The van der Waals surface area contributed by atoms with Gasteiger partial charge in [-0.3, -0.25) is 4.79 Å². The zero-order valence-electron chi connectivity index (χ0n) is 10.4. The molecule has 1 unspecified atom stereocenters. The standard InChI is InChI=1S/C14H20N2O2/c17-13(11-5-2-1-3-6-11)14(18)16-10-8-12-7-4-9-15-12/h1-3,5-6,12-13,15,17H,4,7-10H2,(H,16,18)/t12-,13?/m0/s1. The zero-order chi connectivity index (χ0) is 12.8. The number of carbonyl (C=O) groups excluding carboxylic acids is 1. The lowest BCUT2D eigenvalue weighted by molar-refractivity contribution is -0.129. The van der Waals surface area contributed by atoms with E-state index in [2.05, 4.69) is 10.6 Å². The van der Waals surface area contributed by atoms with Gasteiger partial charge in [0, 0.05) is 12.6 Å². The molecule has 0 radical (unpaired) electrons. The Labute approximate surface area is 107 Å². The van der Waals surface area contributed by atoms with E-state index >= 15 is 0 Å². The van der Waals surface area contributed by atoms with Gasteiger partial charge >= 0.3 is 0 Å². The van der Waals surface area contributed by atoms with Gasteiger partial charge in [0.15, 0.2) is 6.10 Å². The summed E-state index contributed by atoms with van der Waals surface area (Å²) in [4.78, 5) is 11.7. The first-order chi connectivity index (χ1) is 8.77. The molecule has 0 saturated carbocycles. The summed E-state index contributed by atoms with van der Waals surface area (Å²) in [6.07, 6.45) is 2.25. The van der Waals surface area contributed by atoms with Crippen molar-refractivity contribution in [2.24, 2.45) is 0 Å². The van der Waals surface area contributed by atoms with Crippen molar-refractivity contribution in [2.45, 2.75) is 31.4 Å². The van der Waals surface area contributed by atoms with Crippen molar-refractivity contribution < 1.29 is 9.90 Å². The van der Waals surface area contributed by atoms with Crippen LogP contribution in [-0.2, 0) is 4.79 Å². The number of amides is 1. The second-order valence-corrected chi connectivity index (χ2v) is 4.69. The van der Waals surface area contributed by atoms with Crippen LogP contribution in [0.15, 0.2) is 30.3 Å². The molecule has 0 aliphatic carbocycles. The van der Waals surface area contributed by atoms with E-state index in [1.807, 2.05) is 18.2 Å². The Morgan fingerprint density at radius 1 is 1.44 bits per heavy atom. The summed E-state index contributed by atoms with van der Waals surface area (Å²) in [6, 6.07) is 9.51. The van der Waals surface area contributed by atoms with Crippen molar-refractivity contribution >= 4 is 5.91 Å². The predicted octanol–water partition coefficient (Wildman–Crippen LogP) is 0.978. The van der Waals surface area contributed by atoms with Crippen LogP contribution in [0.5, 0.6) is 0 Å². The van der Waals surface area contributed by atoms with Gasteiger partial charge in [0.05, 0.1) is 0 Å². The molecule has 4 heteroatoms. The van der Waals surface area contributed by atoms with Crippen LogP contribution in [0.1, 0.15) is 30.9 Å². The van der Waals surface area contributed by atoms with Crippen LogP contribution >= 0.6 is 0 Å². The van der Waals surface area contributed by atoms with E-state index in [0.717, 1.165) is 13.0 Å². The van der Waals surface area contributed by atoms with E-state index in [1.165, 1.54) is 12.8 Å². The van der Waals surface area contributed by atoms with Gasteiger partial charge in [-0.05, 0) is 31.4 Å². The highest BCUT2D eigenvalue weighted by atomic mass is 16.3. The maximum absolute atomic E-state index is 11.7. The van der Waals surface area contributed by atoms with E-state index < -0.39 is 6.10 Å². The molecule has 2 atom stereocenters. The molecule has 3 N–H and O–H groups in total. The van der Waals surface area contributed by atoms with Gasteiger partial charge in [0.25, 0.3) is 5.91 Å². The SMILES string of the molecule is O=C(NCC[C@@H]1CCCN1)C(O)c1ccccc1. The molecule has 1 amide bonds. The molecule has 0 spiro atoms. The fourth-order valence-corrected chi connectivity index (χ4v) is 2.26. The minimum Gasteiger partial charge on any atom is -0.378 e. The summed E-state index contributed by atoms with van der Waals surface area (Å²) < 4.78 is 0. The molecule has 2 rings (SSSR count). The Kier molecular flexibility index (Phi) is 4.73. The minimum atomic E-state index is -1.07. The molecule has 18 heavy (non-hydrogen) atoms. The van der Waals surface area contributed by atoms with Crippen molar-refractivity contribution in [1.82, 2.24) is 10.6 Å². The van der Waals surface area contributed by atoms with Crippen LogP contribution < -0.4 is 10.6 Å². The van der Waals surface area contributed by atoms with E-state index in [-0.39, 0.29) is 5.91 Å². The van der Waals surface area contributed by atoms with Crippen molar-refractivity contribution in [1.29, 1.82) is 0 Å². The number of hydrogen-bond acceptors (Lipinski definition) is 3. The Bertz CT molecular complexity index is 375. The Hall–Kier alpha value is -1.39. The maximum atomic E-state index is 11.7. The average molecular weight is 248 g/mol. The largest absolute Gasteiger partial charge is 0.378 e. The van der Waals surface area contributed by atoms with Gasteiger partial charge < -0.3 is 15.7 Å². The highest BCUT2D eigenvalue weighted by Gasteiger charge is 2.18. The average Bonchev–Trinajstić information content (AvgIpc) is 2.92. The molecule has 0 aromatic heterocycles. The number of carbonyl (C=O) groups is 1. The molecule has 1 fully saturated rings. The highest BCUT2D eigenvalue weighted by molar-refractivity contribution is 5.81. The molecular weight excluding hydrogens is 228 g/mol. The minimum absolute atomic E-state index is 0.320. The summed E-state index contributed by atoms with van der Waals surface area (Å²) in [7, 11) is 0. The second-order valence-electron chi connectivity index (χ2n) is 4.69. The molecule has 1 aliphatic heterocycles. The van der Waals surface area contributed by atoms with Crippen LogP contribution in [0.4, 0.5) is 0 Å². The number of aliphatic hydroxyl groups is 1. The van der Waals surface area contributed by atoms with Crippen LogP contribution in [0.2, 0.25) is 0 Å². The van der Waals surface area contributed by atoms with E-state index in [9.17, 15) is 9.90 Å². The third-order valence-corrected chi connectivity index (χ3v) is 3.32. The molecule has 1 aliphatic rings. The molecule has 1 saturated heterocycles. The van der Waals surface area contributed by atoms with Crippen LogP contribution in [0.25, 0.3) is 0 Å². The van der Waals surface area contributed by atoms with Gasteiger partial charge in [-0.1, -0.05) is 30.3 Å². The quantitative estimate of drug-likeness (QED) is 0.728. The molecule has 4 nitrogen and oxygen atoms in total. The molecule has 0 bridgehead atoms. The van der Waals surface area contributed by atoms with E-state index in [4.69, 9.17) is 0 Å². The van der Waals surface area contributed by atoms with E-state index in [0.29, 0.717) is 18.2 Å². The first-order valence-electron chi connectivity index (χ1n) is 6.51. The first kappa shape index (κ1) is 13.1. The number of benzene rings is 1.